The molecule has 3 aliphatic heterocycles. The van der Waals surface area contributed by atoms with Gasteiger partial charge in [-0.15, -0.1) is 0 Å². The summed E-state index contributed by atoms with van der Waals surface area (Å²) in [5.74, 6) is 1.97. The normalized spacial score (nSPS) is 25.7. The van der Waals surface area contributed by atoms with Crippen molar-refractivity contribution in [3.63, 3.8) is 0 Å². The van der Waals surface area contributed by atoms with Crippen LogP contribution in [0.25, 0.3) is 0 Å². The van der Waals surface area contributed by atoms with E-state index in [9.17, 15) is 9.59 Å². The number of piperidine rings is 2. The lowest BCUT2D eigenvalue weighted by Crippen LogP contribution is -2.61. The number of Topliss-reactive ketones (excluding diaryl/α,β-unsaturated/α-hetero) is 1. The van der Waals surface area contributed by atoms with Crippen molar-refractivity contribution >= 4 is 17.5 Å². The molecule has 27 heavy (non-hydrogen) atoms. The molecule has 1 unspecified atom stereocenters. The van der Waals surface area contributed by atoms with Crippen LogP contribution in [0.3, 0.4) is 0 Å². The van der Waals surface area contributed by atoms with Crippen LogP contribution < -0.4 is 4.90 Å². The molecule has 0 spiro atoms. The van der Waals surface area contributed by atoms with Crippen LogP contribution in [-0.2, 0) is 9.59 Å². The summed E-state index contributed by atoms with van der Waals surface area (Å²) in [4.78, 5) is 35.2. The minimum absolute atomic E-state index is 0.202. The summed E-state index contributed by atoms with van der Waals surface area (Å²) in [6.45, 7) is 8.01. The number of rotatable bonds is 5. The summed E-state index contributed by atoms with van der Waals surface area (Å²) >= 11 is 0. The van der Waals surface area contributed by atoms with Crippen molar-refractivity contribution in [3.8, 4) is 0 Å². The van der Waals surface area contributed by atoms with Crippen LogP contribution in [0.5, 0.6) is 0 Å². The fourth-order valence-electron chi connectivity index (χ4n) is 4.51. The maximum Gasteiger partial charge on any atom is 0.228 e. The molecule has 6 heteroatoms. The number of pyridine rings is 1. The smallest absolute Gasteiger partial charge is 0.228 e. The number of carbonyl (C=O) groups excluding carboxylic acids is 2. The van der Waals surface area contributed by atoms with Gasteiger partial charge in [-0.25, -0.2) is 4.98 Å². The molecule has 0 saturated carbocycles. The SMILES string of the molecule is Cc1cccc(N2CC(CCN3CC(N4CCC(=O)CC4)C3)CCC2=O)n1. The van der Waals surface area contributed by atoms with Gasteiger partial charge in [0.2, 0.25) is 5.91 Å². The second kappa shape index (κ2) is 8.07. The highest BCUT2D eigenvalue weighted by Crippen LogP contribution is 2.26. The van der Waals surface area contributed by atoms with E-state index in [2.05, 4.69) is 14.8 Å². The number of anilines is 1. The van der Waals surface area contributed by atoms with Gasteiger partial charge in [0.1, 0.15) is 11.6 Å². The van der Waals surface area contributed by atoms with Gasteiger partial charge in [0.05, 0.1) is 0 Å². The molecule has 0 aliphatic carbocycles. The Morgan fingerprint density at radius 1 is 1.07 bits per heavy atom. The summed E-state index contributed by atoms with van der Waals surface area (Å²) < 4.78 is 0. The maximum atomic E-state index is 12.3. The molecule has 3 fully saturated rings. The van der Waals surface area contributed by atoms with Gasteiger partial charge in [0.15, 0.2) is 0 Å². The second-order valence-corrected chi connectivity index (χ2v) is 8.32. The molecule has 6 nitrogen and oxygen atoms in total. The average Bonchev–Trinajstić information content (AvgIpc) is 2.63. The molecule has 0 bridgehead atoms. The summed E-state index contributed by atoms with van der Waals surface area (Å²) in [7, 11) is 0. The third-order valence-electron chi connectivity index (χ3n) is 6.32. The third kappa shape index (κ3) is 4.38. The van der Waals surface area contributed by atoms with E-state index in [0.29, 0.717) is 24.2 Å². The van der Waals surface area contributed by atoms with Crippen LogP contribution in [-0.4, -0.2) is 71.8 Å². The first kappa shape index (κ1) is 18.6. The predicted octanol–water partition coefficient (Wildman–Crippen LogP) is 1.87. The number of carbonyl (C=O) groups is 2. The zero-order chi connectivity index (χ0) is 18.8. The zero-order valence-electron chi connectivity index (χ0n) is 16.3. The molecule has 4 rings (SSSR count). The molecule has 3 saturated heterocycles. The van der Waals surface area contributed by atoms with Crippen LogP contribution in [0.15, 0.2) is 18.2 Å². The fourth-order valence-corrected chi connectivity index (χ4v) is 4.51. The summed E-state index contributed by atoms with van der Waals surface area (Å²) in [6, 6.07) is 6.52. The minimum Gasteiger partial charge on any atom is -0.300 e. The Bertz CT molecular complexity index is 691. The van der Waals surface area contributed by atoms with Crippen LogP contribution in [0.4, 0.5) is 5.82 Å². The van der Waals surface area contributed by atoms with Crippen molar-refractivity contribution in [1.82, 2.24) is 14.8 Å². The monoisotopic (exact) mass is 370 g/mol. The average molecular weight is 370 g/mol. The van der Waals surface area contributed by atoms with Crippen molar-refractivity contribution in [2.24, 2.45) is 5.92 Å². The van der Waals surface area contributed by atoms with Crippen LogP contribution in [0.2, 0.25) is 0 Å². The molecule has 1 aromatic heterocycles. The van der Waals surface area contributed by atoms with Gasteiger partial charge in [0.25, 0.3) is 0 Å². The lowest BCUT2D eigenvalue weighted by molar-refractivity contribution is -0.122. The topological polar surface area (TPSA) is 56.8 Å². The van der Waals surface area contributed by atoms with Crippen molar-refractivity contribution in [1.29, 1.82) is 0 Å². The number of aryl methyl sites for hydroxylation is 1. The zero-order valence-corrected chi connectivity index (χ0v) is 16.3. The number of nitrogens with zero attached hydrogens (tertiary/aromatic N) is 4. The van der Waals surface area contributed by atoms with Crippen LogP contribution >= 0.6 is 0 Å². The number of aromatic nitrogens is 1. The Labute approximate surface area is 161 Å². The Hall–Kier alpha value is -1.79. The number of likely N-dealkylation sites (tertiary alicyclic amines) is 2. The lowest BCUT2D eigenvalue weighted by Gasteiger charge is -2.47. The molecule has 1 aromatic rings. The van der Waals surface area contributed by atoms with Gasteiger partial charge >= 0.3 is 0 Å². The highest BCUT2D eigenvalue weighted by atomic mass is 16.2. The number of hydrogen-bond donors (Lipinski definition) is 0. The molecule has 0 aromatic carbocycles. The van der Waals surface area contributed by atoms with E-state index in [-0.39, 0.29) is 5.91 Å². The largest absolute Gasteiger partial charge is 0.300 e. The van der Waals surface area contributed by atoms with E-state index in [1.807, 2.05) is 30.0 Å². The van der Waals surface area contributed by atoms with E-state index in [1.165, 1.54) is 0 Å². The molecule has 1 amide bonds. The molecule has 0 radical (unpaired) electrons. The Kier molecular flexibility index (Phi) is 5.55. The summed E-state index contributed by atoms with van der Waals surface area (Å²) in [5.41, 5.74) is 0.952. The predicted molar refractivity (Wildman–Crippen MR) is 105 cm³/mol. The van der Waals surface area contributed by atoms with E-state index in [4.69, 9.17) is 0 Å². The Balaban J connectivity index is 1.23. The van der Waals surface area contributed by atoms with Crippen molar-refractivity contribution < 1.29 is 9.59 Å². The number of ketones is 1. The standard InChI is InChI=1S/C21H30N4O2/c1-16-3-2-4-20(22-16)25-13-17(5-6-21(25)27)7-10-23-14-18(15-23)24-11-8-19(26)9-12-24/h2-4,17-18H,5-15H2,1H3. The molecule has 1 atom stereocenters. The van der Waals surface area contributed by atoms with E-state index in [1.54, 1.807) is 0 Å². The van der Waals surface area contributed by atoms with E-state index >= 15 is 0 Å². The fraction of sp³-hybridized carbons (Fsp3) is 0.667. The third-order valence-corrected chi connectivity index (χ3v) is 6.32. The molecule has 3 aliphatic rings. The molecular weight excluding hydrogens is 340 g/mol. The van der Waals surface area contributed by atoms with Crippen LogP contribution in [0, 0.1) is 12.8 Å². The van der Waals surface area contributed by atoms with Gasteiger partial charge in [0, 0.05) is 63.7 Å². The van der Waals surface area contributed by atoms with Gasteiger partial charge in [-0.2, -0.15) is 0 Å². The molecule has 0 N–H and O–H groups in total. The summed E-state index contributed by atoms with van der Waals surface area (Å²) in [5, 5.41) is 0. The number of amides is 1. The first-order chi connectivity index (χ1) is 13.1. The van der Waals surface area contributed by atoms with Crippen molar-refractivity contribution in [2.75, 3.05) is 44.2 Å². The molecule has 4 heterocycles. The highest BCUT2D eigenvalue weighted by molar-refractivity contribution is 5.93. The van der Waals surface area contributed by atoms with Crippen molar-refractivity contribution in [3.05, 3.63) is 23.9 Å². The van der Waals surface area contributed by atoms with Crippen LogP contribution in [0.1, 0.15) is 37.8 Å². The highest BCUT2D eigenvalue weighted by Gasteiger charge is 2.34. The number of hydrogen-bond acceptors (Lipinski definition) is 5. The molecule has 146 valence electrons. The van der Waals surface area contributed by atoms with Gasteiger partial charge in [-0.05, 0) is 44.4 Å². The second-order valence-electron chi connectivity index (χ2n) is 8.32. The van der Waals surface area contributed by atoms with Gasteiger partial charge in [-0.1, -0.05) is 6.07 Å². The quantitative estimate of drug-likeness (QED) is 0.792. The molecular formula is C21H30N4O2. The van der Waals surface area contributed by atoms with E-state index in [0.717, 1.165) is 76.5 Å². The Morgan fingerprint density at radius 3 is 2.59 bits per heavy atom. The van der Waals surface area contributed by atoms with Gasteiger partial charge < -0.3 is 4.90 Å². The first-order valence-corrected chi connectivity index (χ1v) is 10.3. The van der Waals surface area contributed by atoms with Gasteiger partial charge in [-0.3, -0.25) is 19.4 Å². The first-order valence-electron chi connectivity index (χ1n) is 10.3. The Morgan fingerprint density at radius 2 is 1.85 bits per heavy atom. The van der Waals surface area contributed by atoms with Crippen molar-refractivity contribution in [2.45, 2.75) is 45.1 Å². The minimum atomic E-state index is 0.202. The lowest BCUT2D eigenvalue weighted by atomic mass is 9.93. The summed E-state index contributed by atoms with van der Waals surface area (Å²) in [6.07, 6.45) is 4.23. The van der Waals surface area contributed by atoms with E-state index < -0.39 is 0 Å². The maximum absolute atomic E-state index is 12.3.